The molecule has 1 aliphatic rings. The first-order valence-electron chi connectivity index (χ1n) is 4.81. The van der Waals surface area contributed by atoms with Crippen molar-refractivity contribution in [2.45, 2.75) is 6.42 Å². The summed E-state index contributed by atoms with van der Waals surface area (Å²) in [6, 6.07) is 6.46. The van der Waals surface area contributed by atoms with Crippen LogP contribution in [-0.2, 0) is 0 Å². The number of aromatic hydroxyl groups is 1. The van der Waals surface area contributed by atoms with Gasteiger partial charge in [-0.3, -0.25) is 4.79 Å². The maximum absolute atomic E-state index is 11.8. The van der Waals surface area contributed by atoms with E-state index >= 15 is 0 Å². The molecule has 0 radical (unpaired) electrons. The minimum absolute atomic E-state index is 0.111. The molecule has 3 nitrogen and oxygen atoms in total. The summed E-state index contributed by atoms with van der Waals surface area (Å²) in [5.41, 5.74) is 0.691. The monoisotopic (exact) mass is 191 g/mol. The van der Waals surface area contributed by atoms with Gasteiger partial charge in [-0.2, -0.15) is 0 Å². The number of ketones is 1. The molecular formula is C11H13NO2. The van der Waals surface area contributed by atoms with Crippen molar-refractivity contribution in [1.82, 2.24) is 5.32 Å². The van der Waals surface area contributed by atoms with Crippen molar-refractivity contribution in [3.63, 3.8) is 0 Å². The largest absolute Gasteiger partial charge is 0.508 e. The first kappa shape index (κ1) is 9.21. The van der Waals surface area contributed by atoms with Gasteiger partial charge >= 0.3 is 0 Å². The molecule has 1 atom stereocenters. The average molecular weight is 191 g/mol. The van der Waals surface area contributed by atoms with E-state index in [1.54, 1.807) is 24.3 Å². The molecule has 1 fully saturated rings. The SMILES string of the molecule is O=C(c1ccc(O)cc1)C1CCNC1. The fraction of sp³-hybridized carbons (Fsp3) is 0.364. The smallest absolute Gasteiger partial charge is 0.167 e. The summed E-state index contributed by atoms with van der Waals surface area (Å²) >= 11 is 0. The molecule has 0 amide bonds. The highest BCUT2D eigenvalue weighted by atomic mass is 16.3. The topological polar surface area (TPSA) is 49.3 Å². The van der Waals surface area contributed by atoms with Gasteiger partial charge in [0, 0.05) is 18.0 Å². The lowest BCUT2D eigenvalue weighted by Gasteiger charge is -2.06. The van der Waals surface area contributed by atoms with Crippen LogP contribution in [0.5, 0.6) is 5.75 Å². The quantitative estimate of drug-likeness (QED) is 0.690. The van der Waals surface area contributed by atoms with Crippen molar-refractivity contribution in [3.05, 3.63) is 29.8 Å². The summed E-state index contributed by atoms with van der Waals surface area (Å²) in [7, 11) is 0. The third-order valence-corrected chi connectivity index (χ3v) is 2.58. The zero-order chi connectivity index (χ0) is 9.97. The molecule has 1 saturated heterocycles. The van der Waals surface area contributed by atoms with Crippen LogP contribution < -0.4 is 5.32 Å². The molecule has 0 saturated carbocycles. The van der Waals surface area contributed by atoms with Crippen LogP contribution >= 0.6 is 0 Å². The van der Waals surface area contributed by atoms with E-state index in [1.807, 2.05) is 0 Å². The van der Waals surface area contributed by atoms with Crippen molar-refractivity contribution in [2.75, 3.05) is 13.1 Å². The van der Waals surface area contributed by atoms with Crippen molar-refractivity contribution >= 4 is 5.78 Å². The van der Waals surface area contributed by atoms with E-state index in [-0.39, 0.29) is 17.5 Å². The first-order valence-corrected chi connectivity index (χ1v) is 4.81. The maximum atomic E-state index is 11.8. The van der Waals surface area contributed by atoms with Gasteiger partial charge < -0.3 is 10.4 Å². The molecule has 1 aromatic rings. The predicted molar refractivity (Wildman–Crippen MR) is 53.4 cm³/mol. The second-order valence-corrected chi connectivity index (χ2v) is 3.60. The normalized spacial score (nSPS) is 21.0. The number of hydrogen-bond acceptors (Lipinski definition) is 3. The van der Waals surface area contributed by atoms with Gasteiger partial charge in [-0.1, -0.05) is 0 Å². The van der Waals surface area contributed by atoms with Crippen LogP contribution in [0.4, 0.5) is 0 Å². The number of Topliss-reactive ketones (excluding diaryl/α,β-unsaturated/α-hetero) is 1. The zero-order valence-corrected chi connectivity index (χ0v) is 7.86. The van der Waals surface area contributed by atoms with E-state index in [2.05, 4.69) is 5.32 Å². The third-order valence-electron chi connectivity index (χ3n) is 2.58. The number of nitrogens with one attached hydrogen (secondary N) is 1. The van der Waals surface area contributed by atoms with Crippen LogP contribution in [0.3, 0.4) is 0 Å². The second-order valence-electron chi connectivity index (χ2n) is 3.60. The Hall–Kier alpha value is -1.35. The summed E-state index contributed by atoms with van der Waals surface area (Å²) < 4.78 is 0. The third kappa shape index (κ3) is 1.77. The number of phenols is 1. The molecule has 2 N–H and O–H groups in total. The summed E-state index contributed by atoms with van der Waals surface area (Å²) in [4.78, 5) is 11.8. The predicted octanol–water partition coefficient (Wildman–Crippen LogP) is 1.18. The molecule has 1 aliphatic heterocycles. The molecule has 0 spiro atoms. The highest BCUT2D eigenvalue weighted by molar-refractivity contribution is 5.98. The number of carbonyl (C=O) groups is 1. The number of hydrogen-bond donors (Lipinski definition) is 2. The second kappa shape index (κ2) is 3.80. The Morgan fingerprint density at radius 1 is 1.36 bits per heavy atom. The Balaban J connectivity index is 2.14. The van der Waals surface area contributed by atoms with E-state index in [0.717, 1.165) is 19.5 Å². The summed E-state index contributed by atoms with van der Waals surface area (Å²) in [6.07, 6.45) is 0.916. The highest BCUT2D eigenvalue weighted by Gasteiger charge is 2.23. The molecule has 2 rings (SSSR count). The van der Waals surface area contributed by atoms with Gasteiger partial charge in [0.25, 0.3) is 0 Å². The van der Waals surface area contributed by atoms with Crippen molar-refractivity contribution in [3.8, 4) is 5.75 Å². The van der Waals surface area contributed by atoms with Crippen LogP contribution in [0, 0.1) is 5.92 Å². The maximum Gasteiger partial charge on any atom is 0.167 e. The van der Waals surface area contributed by atoms with E-state index in [9.17, 15) is 4.79 Å². The highest BCUT2D eigenvalue weighted by Crippen LogP contribution is 2.17. The molecule has 1 unspecified atom stereocenters. The van der Waals surface area contributed by atoms with E-state index in [1.165, 1.54) is 0 Å². The molecule has 14 heavy (non-hydrogen) atoms. The van der Waals surface area contributed by atoms with E-state index in [4.69, 9.17) is 5.11 Å². The van der Waals surface area contributed by atoms with Gasteiger partial charge in [-0.25, -0.2) is 0 Å². The van der Waals surface area contributed by atoms with Crippen LogP contribution in [0.1, 0.15) is 16.8 Å². The Morgan fingerprint density at radius 2 is 2.07 bits per heavy atom. The lowest BCUT2D eigenvalue weighted by atomic mass is 9.97. The van der Waals surface area contributed by atoms with Crippen LogP contribution in [0.15, 0.2) is 24.3 Å². The lowest BCUT2D eigenvalue weighted by molar-refractivity contribution is 0.0930. The molecule has 0 aromatic heterocycles. The van der Waals surface area contributed by atoms with Crippen molar-refractivity contribution < 1.29 is 9.90 Å². The molecule has 0 bridgehead atoms. The zero-order valence-electron chi connectivity index (χ0n) is 7.86. The average Bonchev–Trinajstić information content (AvgIpc) is 2.71. The van der Waals surface area contributed by atoms with E-state index in [0.29, 0.717) is 5.56 Å². The van der Waals surface area contributed by atoms with Crippen LogP contribution in [0.2, 0.25) is 0 Å². The van der Waals surface area contributed by atoms with Crippen molar-refractivity contribution in [1.29, 1.82) is 0 Å². The van der Waals surface area contributed by atoms with Crippen LogP contribution in [-0.4, -0.2) is 24.0 Å². The summed E-state index contributed by atoms with van der Waals surface area (Å²) in [6.45, 7) is 1.70. The molecule has 1 aromatic carbocycles. The molecular weight excluding hydrogens is 178 g/mol. The van der Waals surface area contributed by atoms with Gasteiger partial charge in [-0.05, 0) is 37.2 Å². The van der Waals surface area contributed by atoms with Crippen LogP contribution in [0.25, 0.3) is 0 Å². The van der Waals surface area contributed by atoms with Gasteiger partial charge in [-0.15, -0.1) is 0 Å². The van der Waals surface area contributed by atoms with Crippen molar-refractivity contribution in [2.24, 2.45) is 5.92 Å². The van der Waals surface area contributed by atoms with Gasteiger partial charge in [0.2, 0.25) is 0 Å². The lowest BCUT2D eigenvalue weighted by Crippen LogP contribution is -2.17. The molecule has 1 heterocycles. The Kier molecular flexibility index (Phi) is 2.50. The standard InChI is InChI=1S/C11H13NO2/c13-10-3-1-8(2-4-10)11(14)9-5-6-12-7-9/h1-4,9,12-13H,5-7H2. The number of phenolic OH excluding ortho intramolecular Hbond substituents is 1. The first-order chi connectivity index (χ1) is 6.77. The Morgan fingerprint density at radius 3 is 2.64 bits per heavy atom. The number of carbonyl (C=O) groups excluding carboxylic acids is 1. The number of benzene rings is 1. The minimum atomic E-state index is 0.111. The Bertz CT molecular complexity index is 326. The van der Waals surface area contributed by atoms with E-state index < -0.39 is 0 Å². The molecule has 3 heteroatoms. The van der Waals surface area contributed by atoms with Gasteiger partial charge in [0.1, 0.15) is 5.75 Å². The number of rotatable bonds is 2. The fourth-order valence-electron chi connectivity index (χ4n) is 1.74. The fourth-order valence-corrected chi connectivity index (χ4v) is 1.74. The van der Waals surface area contributed by atoms with Gasteiger partial charge in [0.05, 0.1) is 0 Å². The minimum Gasteiger partial charge on any atom is -0.508 e. The molecule has 74 valence electrons. The van der Waals surface area contributed by atoms with Gasteiger partial charge in [0.15, 0.2) is 5.78 Å². The summed E-state index contributed by atoms with van der Waals surface area (Å²) in [5, 5.41) is 12.2. The summed E-state index contributed by atoms with van der Waals surface area (Å²) in [5.74, 6) is 0.487. The molecule has 0 aliphatic carbocycles. The Labute approximate surface area is 82.8 Å².